The first kappa shape index (κ1) is 24.0. The molecule has 0 radical (unpaired) electrons. The molecule has 3 aromatic rings. The van der Waals surface area contributed by atoms with Crippen LogP contribution in [0.4, 0.5) is 24.5 Å². The van der Waals surface area contributed by atoms with Gasteiger partial charge < -0.3 is 20.9 Å². The lowest BCUT2D eigenvalue weighted by Gasteiger charge is -2.22. The van der Waals surface area contributed by atoms with Crippen molar-refractivity contribution in [2.45, 2.75) is 39.4 Å². The summed E-state index contributed by atoms with van der Waals surface area (Å²) >= 11 is 0. The number of H-pyrrole nitrogens is 2. The molecular formula is C22H26F3N6O2+. The third kappa shape index (κ3) is 6.21. The second-order valence-electron chi connectivity index (χ2n) is 7.93. The molecule has 0 spiro atoms. The molecule has 11 heteroatoms. The monoisotopic (exact) mass is 463 g/mol. The minimum atomic E-state index is -4.48. The molecule has 1 atom stereocenters. The van der Waals surface area contributed by atoms with E-state index in [1.54, 1.807) is 51.6 Å². The number of rotatable bonds is 8. The molecule has 3 heterocycles. The molecule has 0 saturated carbocycles. The maximum atomic E-state index is 12.5. The van der Waals surface area contributed by atoms with Crippen LogP contribution in [0.25, 0.3) is 22.2 Å². The lowest BCUT2D eigenvalue weighted by atomic mass is 10.0. The molecule has 0 aliphatic heterocycles. The van der Waals surface area contributed by atoms with Crippen molar-refractivity contribution in [3.05, 3.63) is 36.9 Å². The van der Waals surface area contributed by atoms with Gasteiger partial charge in [0.05, 0.1) is 11.9 Å². The van der Waals surface area contributed by atoms with Crippen LogP contribution in [0.2, 0.25) is 0 Å². The fourth-order valence-corrected chi connectivity index (χ4v) is 3.28. The lowest BCUT2D eigenvalue weighted by Crippen LogP contribution is -2.46. The van der Waals surface area contributed by atoms with Crippen LogP contribution >= 0.6 is 0 Å². The second-order valence-corrected chi connectivity index (χ2v) is 7.93. The molecule has 176 valence electrons. The van der Waals surface area contributed by atoms with Crippen molar-refractivity contribution in [1.29, 1.82) is 0 Å². The second kappa shape index (κ2) is 9.88. The third-order valence-corrected chi connectivity index (χ3v) is 4.97. The van der Waals surface area contributed by atoms with E-state index >= 15 is 0 Å². The number of carbonyl (C=O) groups excluding carboxylic acids is 2. The van der Waals surface area contributed by atoms with E-state index in [2.05, 4.69) is 25.6 Å². The fraction of sp³-hybridized carbons (Fsp3) is 0.364. The van der Waals surface area contributed by atoms with Gasteiger partial charge in [-0.25, -0.2) is 9.97 Å². The predicted molar refractivity (Wildman–Crippen MR) is 118 cm³/mol. The Kier molecular flexibility index (Phi) is 7.19. The van der Waals surface area contributed by atoms with Crippen molar-refractivity contribution >= 4 is 34.2 Å². The zero-order valence-electron chi connectivity index (χ0n) is 18.4. The average molecular weight is 463 g/mol. The minimum Gasteiger partial charge on any atom is -0.369 e. The van der Waals surface area contributed by atoms with Crippen LogP contribution in [0.3, 0.4) is 0 Å². The van der Waals surface area contributed by atoms with E-state index in [1.807, 2.05) is 11.4 Å². The van der Waals surface area contributed by atoms with Gasteiger partial charge in [0.1, 0.15) is 23.9 Å². The van der Waals surface area contributed by atoms with E-state index in [0.717, 1.165) is 16.5 Å². The van der Waals surface area contributed by atoms with Crippen LogP contribution in [0, 0.1) is 5.92 Å². The Morgan fingerprint density at radius 1 is 1.18 bits per heavy atom. The fourth-order valence-electron chi connectivity index (χ4n) is 3.28. The van der Waals surface area contributed by atoms with Crippen LogP contribution in [0.1, 0.15) is 27.2 Å². The molecule has 0 fully saturated rings. The van der Waals surface area contributed by atoms with Crippen molar-refractivity contribution in [3.63, 3.8) is 0 Å². The predicted octanol–water partition coefficient (Wildman–Crippen LogP) is 3.51. The summed E-state index contributed by atoms with van der Waals surface area (Å²) in [6, 6.07) is 2.73. The van der Waals surface area contributed by atoms with E-state index in [-0.39, 0.29) is 11.8 Å². The lowest BCUT2D eigenvalue weighted by molar-refractivity contribution is -0.376. The molecule has 8 nitrogen and oxygen atoms in total. The molecule has 2 amide bonds. The Balaban J connectivity index is 1.85. The molecule has 33 heavy (non-hydrogen) atoms. The highest BCUT2D eigenvalue weighted by molar-refractivity contribution is 5.98. The third-order valence-electron chi connectivity index (χ3n) is 4.97. The summed E-state index contributed by atoms with van der Waals surface area (Å²) in [6.45, 7) is 3.86. The molecule has 0 aliphatic carbocycles. The maximum Gasteiger partial charge on any atom is 0.405 e. The number of halogens is 3. The summed E-state index contributed by atoms with van der Waals surface area (Å²) in [5, 5.41) is 8.50. The first-order valence-corrected chi connectivity index (χ1v) is 10.5. The van der Waals surface area contributed by atoms with Crippen LogP contribution in [-0.2, 0) is 9.59 Å². The van der Waals surface area contributed by atoms with Gasteiger partial charge in [0.15, 0.2) is 12.4 Å². The van der Waals surface area contributed by atoms with Gasteiger partial charge in [0, 0.05) is 29.1 Å². The molecular weight excluding hydrogens is 437 g/mol. The summed E-state index contributed by atoms with van der Waals surface area (Å²) in [5.74, 6) is -1.12. The SMILES string of the molecule is CCC(=O)Nc1cnc2[nH]cc(-c3c[nH+]cc(N[C@H](C(=O)NCC(F)(F)F)C(C)C)c3)c2c1. The van der Waals surface area contributed by atoms with Crippen molar-refractivity contribution < 1.29 is 27.7 Å². The largest absolute Gasteiger partial charge is 0.405 e. The summed E-state index contributed by atoms with van der Waals surface area (Å²) in [7, 11) is 0. The number of amides is 2. The number of carbonyl (C=O) groups is 2. The summed E-state index contributed by atoms with van der Waals surface area (Å²) < 4.78 is 37.5. The first-order valence-electron chi connectivity index (χ1n) is 10.5. The molecule has 0 bridgehead atoms. The van der Waals surface area contributed by atoms with Gasteiger partial charge in [-0.15, -0.1) is 0 Å². The van der Waals surface area contributed by atoms with Crippen LogP contribution in [0.5, 0.6) is 0 Å². The Bertz CT molecular complexity index is 1140. The Morgan fingerprint density at radius 3 is 2.61 bits per heavy atom. The zero-order chi connectivity index (χ0) is 24.2. The van der Waals surface area contributed by atoms with Crippen molar-refractivity contribution in [3.8, 4) is 11.1 Å². The number of aromatic nitrogens is 3. The summed E-state index contributed by atoms with van der Waals surface area (Å²) in [6.07, 6.45) is 2.56. The highest BCUT2D eigenvalue weighted by atomic mass is 19.4. The molecule has 5 N–H and O–H groups in total. The van der Waals surface area contributed by atoms with Gasteiger partial charge in [0.25, 0.3) is 0 Å². The van der Waals surface area contributed by atoms with Crippen molar-refractivity contribution in [2.75, 3.05) is 17.2 Å². The van der Waals surface area contributed by atoms with Crippen LogP contribution in [-0.4, -0.2) is 40.5 Å². The van der Waals surface area contributed by atoms with Gasteiger partial charge in [0.2, 0.25) is 11.8 Å². The van der Waals surface area contributed by atoms with Gasteiger partial charge in [-0.2, -0.15) is 13.2 Å². The molecule has 0 aliphatic rings. The number of nitrogens with one attached hydrogen (secondary N) is 5. The van der Waals surface area contributed by atoms with Crippen LogP contribution in [0.15, 0.2) is 36.9 Å². The molecule has 3 aromatic heterocycles. The van der Waals surface area contributed by atoms with Gasteiger partial charge in [-0.1, -0.05) is 20.8 Å². The highest BCUT2D eigenvalue weighted by Gasteiger charge is 2.30. The topological polar surface area (TPSA) is 113 Å². The number of fused-ring (bicyclic) bond motifs is 1. The van der Waals surface area contributed by atoms with Gasteiger partial charge >= 0.3 is 6.18 Å². The molecule has 0 unspecified atom stereocenters. The van der Waals surface area contributed by atoms with Crippen molar-refractivity contribution in [1.82, 2.24) is 15.3 Å². The molecule has 0 aromatic carbocycles. The van der Waals surface area contributed by atoms with Gasteiger partial charge in [-0.3, -0.25) is 9.59 Å². The van der Waals surface area contributed by atoms with E-state index in [1.165, 1.54) is 0 Å². The smallest absolute Gasteiger partial charge is 0.369 e. The van der Waals surface area contributed by atoms with E-state index in [4.69, 9.17) is 0 Å². The van der Waals surface area contributed by atoms with Crippen molar-refractivity contribution in [2.24, 2.45) is 5.92 Å². The average Bonchev–Trinajstić information content (AvgIpc) is 3.18. The number of anilines is 2. The Hall–Kier alpha value is -3.63. The van der Waals surface area contributed by atoms with E-state index in [9.17, 15) is 22.8 Å². The standard InChI is InChI=1S/C22H25F3N6O2/c1-4-18(32)30-15-6-16-17(10-28-20(16)27-9-15)13-5-14(8-26-7-13)31-19(12(2)3)21(33)29-11-22(23,24)25/h5-10,12,19,31H,4,11H2,1-3H3,(H,27,28)(H,29,33)(H,30,32)/p+1/t19-/m0/s1. The number of aromatic amines is 2. The minimum absolute atomic E-state index is 0.128. The normalized spacial score (nSPS) is 12.6. The summed E-state index contributed by atoms with van der Waals surface area (Å²) in [5.41, 5.74) is 3.28. The highest BCUT2D eigenvalue weighted by Crippen LogP contribution is 2.30. The number of hydrogen-bond acceptors (Lipinski definition) is 4. The van der Waals surface area contributed by atoms with E-state index < -0.39 is 24.7 Å². The molecule has 3 rings (SSSR count). The van der Waals surface area contributed by atoms with Crippen LogP contribution < -0.4 is 20.9 Å². The number of nitrogens with zero attached hydrogens (tertiary/aromatic N) is 1. The zero-order valence-corrected chi connectivity index (χ0v) is 18.4. The Morgan fingerprint density at radius 2 is 1.94 bits per heavy atom. The number of hydrogen-bond donors (Lipinski definition) is 4. The molecule has 0 saturated heterocycles. The van der Waals surface area contributed by atoms with Gasteiger partial charge in [-0.05, 0) is 18.1 Å². The van der Waals surface area contributed by atoms with E-state index in [0.29, 0.717) is 23.4 Å². The number of alkyl halides is 3. The summed E-state index contributed by atoms with van der Waals surface area (Å²) in [4.78, 5) is 34.5. The quantitative estimate of drug-likeness (QED) is 0.409. The maximum absolute atomic E-state index is 12.5. The first-order chi connectivity index (χ1) is 15.6. The number of pyridine rings is 2. The Labute approximate surface area is 188 Å².